The van der Waals surface area contributed by atoms with Gasteiger partial charge in [0.25, 0.3) is 0 Å². The number of hydrogen-bond donors (Lipinski definition) is 1. The highest BCUT2D eigenvalue weighted by molar-refractivity contribution is 7.99. The number of nitrogens with one attached hydrogen (secondary N) is 1. The van der Waals surface area contributed by atoms with Crippen molar-refractivity contribution in [2.75, 3.05) is 5.32 Å². The van der Waals surface area contributed by atoms with Gasteiger partial charge in [-0.25, -0.2) is 0 Å². The molecule has 0 aromatic heterocycles. The lowest BCUT2D eigenvalue weighted by Crippen LogP contribution is -2.23. The molecule has 144 valence electrons. The smallest absolute Gasteiger partial charge is 0.237 e. The minimum absolute atomic E-state index is 0.00108. The third kappa shape index (κ3) is 5.01. The van der Waals surface area contributed by atoms with Crippen molar-refractivity contribution in [2.24, 2.45) is 0 Å². The third-order valence-electron chi connectivity index (χ3n) is 4.97. The van der Waals surface area contributed by atoms with Gasteiger partial charge in [0.15, 0.2) is 5.78 Å². The first-order valence-electron chi connectivity index (χ1n) is 9.22. The number of amides is 1. The fraction of sp³-hybridized carbons (Fsp3) is 0.391. The van der Waals surface area contributed by atoms with Gasteiger partial charge in [-0.2, -0.15) is 0 Å². The third-order valence-corrected chi connectivity index (χ3v) is 6.14. The Morgan fingerprint density at radius 1 is 1.00 bits per heavy atom. The average molecular weight is 384 g/mol. The summed E-state index contributed by atoms with van der Waals surface area (Å²) >= 11 is 1.60. The Balaban J connectivity index is 2.11. The number of aryl methyl sites for hydroxylation is 4. The summed E-state index contributed by atoms with van der Waals surface area (Å²) in [4.78, 5) is 24.6. The Bertz CT molecular complexity index is 886. The standard InChI is InChI=1S/C23H29NO2S/c1-13-8-9-21(15(3)10-13)24-23(26)19(7)27-12-20-14(2)11-16(4)22(17(20)5)18(6)25/h8-11,19H,12H2,1-7H3,(H,24,26)/t19-/m1/s1. The van der Waals surface area contributed by atoms with Crippen LogP contribution in [-0.4, -0.2) is 16.9 Å². The van der Waals surface area contributed by atoms with E-state index in [9.17, 15) is 9.59 Å². The molecule has 1 N–H and O–H groups in total. The Morgan fingerprint density at radius 2 is 1.67 bits per heavy atom. The number of hydrogen-bond acceptors (Lipinski definition) is 3. The van der Waals surface area contributed by atoms with Crippen LogP contribution in [0.25, 0.3) is 0 Å². The molecule has 0 heterocycles. The van der Waals surface area contributed by atoms with E-state index in [-0.39, 0.29) is 16.9 Å². The van der Waals surface area contributed by atoms with Gasteiger partial charge in [0.2, 0.25) is 5.91 Å². The van der Waals surface area contributed by atoms with Crippen molar-refractivity contribution in [3.8, 4) is 0 Å². The summed E-state index contributed by atoms with van der Waals surface area (Å²) in [7, 11) is 0. The van der Waals surface area contributed by atoms with Gasteiger partial charge in [0.05, 0.1) is 5.25 Å². The molecule has 0 spiro atoms. The number of benzene rings is 2. The summed E-state index contributed by atoms with van der Waals surface area (Å²) < 4.78 is 0. The van der Waals surface area contributed by atoms with E-state index in [2.05, 4.69) is 24.4 Å². The Hall–Kier alpha value is -2.07. The summed E-state index contributed by atoms with van der Waals surface area (Å²) in [5.41, 5.74) is 8.30. The van der Waals surface area contributed by atoms with Crippen LogP contribution in [0.1, 0.15) is 57.6 Å². The molecule has 3 nitrogen and oxygen atoms in total. The molecular weight excluding hydrogens is 354 g/mol. The van der Waals surface area contributed by atoms with Crippen molar-refractivity contribution in [1.29, 1.82) is 0 Å². The van der Waals surface area contributed by atoms with E-state index in [0.29, 0.717) is 5.75 Å². The normalized spacial score (nSPS) is 12.0. The molecule has 2 aromatic rings. The molecule has 0 saturated carbocycles. The zero-order chi connectivity index (χ0) is 20.3. The molecule has 0 aliphatic carbocycles. The predicted octanol–water partition coefficient (Wildman–Crippen LogP) is 5.69. The fourth-order valence-corrected chi connectivity index (χ4v) is 4.53. The summed E-state index contributed by atoms with van der Waals surface area (Å²) in [6.07, 6.45) is 0. The number of ketones is 1. The largest absolute Gasteiger partial charge is 0.325 e. The molecule has 0 saturated heterocycles. The molecule has 0 aliphatic rings. The number of thioether (sulfide) groups is 1. The van der Waals surface area contributed by atoms with Crippen molar-refractivity contribution in [1.82, 2.24) is 0 Å². The lowest BCUT2D eigenvalue weighted by Gasteiger charge is -2.18. The lowest BCUT2D eigenvalue weighted by atomic mass is 9.92. The molecule has 4 heteroatoms. The van der Waals surface area contributed by atoms with Gasteiger partial charge in [0.1, 0.15) is 0 Å². The summed E-state index contributed by atoms with van der Waals surface area (Å²) in [5, 5.41) is 2.84. The molecule has 2 aromatic carbocycles. The van der Waals surface area contributed by atoms with Gasteiger partial charge in [-0.05, 0) is 82.3 Å². The summed E-state index contributed by atoms with van der Waals surface area (Å²) in [6, 6.07) is 8.09. The Morgan fingerprint density at radius 3 is 2.26 bits per heavy atom. The molecule has 2 rings (SSSR count). The van der Waals surface area contributed by atoms with Gasteiger partial charge < -0.3 is 5.32 Å². The van der Waals surface area contributed by atoms with Crippen LogP contribution in [0.2, 0.25) is 0 Å². The SMILES string of the molecule is CC(=O)c1c(C)cc(C)c(CS[C@H](C)C(=O)Nc2ccc(C)cc2C)c1C. The van der Waals surface area contributed by atoms with Gasteiger partial charge >= 0.3 is 0 Å². The number of carbonyl (C=O) groups excluding carboxylic acids is 2. The van der Waals surface area contributed by atoms with Crippen LogP contribution in [0.4, 0.5) is 5.69 Å². The highest BCUT2D eigenvalue weighted by Crippen LogP contribution is 2.28. The van der Waals surface area contributed by atoms with Gasteiger partial charge in [-0.1, -0.05) is 23.8 Å². The molecule has 1 amide bonds. The fourth-order valence-electron chi connectivity index (χ4n) is 3.46. The molecule has 0 fully saturated rings. The molecule has 0 radical (unpaired) electrons. The van der Waals surface area contributed by atoms with Crippen molar-refractivity contribution in [3.05, 3.63) is 63.2 Å². The van der Waals surface area contributed by atoms with Crippen molar-refractivity contribution < 1.29 is 9.59 Å². The number of rotatable bonds is 6. The minimum atomic E-state index is -0.188. The Labute approximate surface area is 166 Å². The van der Waals surface area contributed by atoms with E-state index >= 15 is 0 Å². The first kappa shape index (κ1) is 21.2. The molecule has 0 aliphatic heterocycles. The first-order valence-corrected chi connectivity index (χ1v) is 10.3. The second kappa shape index (κ2) is 8.75. The van der Waals surface area contributed by atoms with Gasteiger partial charge in [0, 0.05) is 17.0 Å². The van der Waals surface area contributed by atoms with Crippen LogP contribution in [0, 0.1) is 34.6 Å². The van der Waals surface area contributed by atoms with Crippen LogP contribution in [-0.2, 0) is 10.5 Å². The van der Waals surface area contributed by atoms with Crippen LogP contribution in [0.5, 0.6) is 0 Å². The zero-order valence-electron chi connectivity index (χ0n) is 17.3. The second-order valence-corrected chi connectivity index (χ2v) is 8.64. The summed E-state index contributed by atoms with van der Waals surface area (Å²) in [5.74, 6) is 0.803. The van der Waals surface area contributed by atoms with E-state index < -0.39 is 0 Å². The molecule has 0 bridgehead atoms. The maximum atomic E-state index is 12.6. The van der Waals surface area contributed by atoms with E-state index in [1.54, 1.807) is 18.7 Å². The lowest BCUT2D eigenvalue weighted by molar-refractivity contribution is -0.115. The minimum Gasteiger partial charge on any atom is -0.325 e. The summed E-state index contributed by atoms with van der Waals surface area (Å²) in [6.45, 7) is 13.6. The molecule has 0 unspecified atom stereocenters. The van der Waals surface area contributed by atoms with Crippen LogP contribution >= 0.6 is 11.8 Å². The van der Waals surface area contributed by atoms with Crippen molar-refractivity contribution >= 4 is 29.1 Å². The second-order valence-electron chi connectivity index (χ2n) is 7.31. The maximum Gasteiger partial charge on any atom is 0.237 e. The van der Waals surface area contributed by atoms with Gasteiger partial charge in [-0.15, -0.1) is 11.8 Å². The topological polar surface area (TPSA) is 46.2 Å². The van der Waals surface area contributed by atoms with Gasteiger partial charge in [-0.3, -0.25) is 9.59 Å². The van der Waals surface area contributed by atoms with E-state index in [1.165, 1.54) is 11.1 Å². The quantitative estimate of drug-likeness (QED) is 0.652. The van der Waals surface area contributed by atoms with E-state index in [1.807, 2.05) is 46.8 Å². The number of anilines is 1. The van der Waals surface area contributed by atoms with Crippen molar-refractivity contribution in [2.45, 2.75) is 59.5 Å². The van der Waals surface area contributed by atoms with Crippen molar-refractivity contribution in [3.63, 3.8) is 0 Å². The van der Waals surface area contributed by atoms with Crippen LogP contribution < -0.4 is 5.32 Å². The maximum absolute atomic E-state index is 12.6. The number of carbonyl (C=O) groups is 2. The molecule has 27 heavy (non-hydrogen) atoms. The Kier molecular flexibility index (Phi) is 6.88. The highest BCUT2D eigenvalue weighted by Gasteiger charge is 2.18. The molecular formula is C23H29NO2S. The van der Waals surface area contributed by atoms with E-state index in [0.717, 1.165) is 33.5 Å². The number of Topliss-reactive ketones (excluding diaryl/α,β-unsaturated/α-hetero) is 1. The first-order chi connectivity index (χ1) is 12.6. The molecule has 1 atom stereocenters. The van der Waals surface area contributed by atoms with Crippen LogP contribution in [0.3, 0.4) is 0 Å². The highest BCUT2D eigenvalue weighted by atomic mass is 32.2. The van der Waals surface area contributed by atoms with E-state index in [4.69, 9.17) is 0 Å². The average Bonchev–Trinajstić information content (AvgIpc) is 2.56. The predicted molar refractivity (Wildman–Crippen MR) is 116 cm³/mol. The van der Waals surface area contributed by atoms with Crippen LogP contribution in [0.15, 0.2) is 24.3 Å². The monoisotopic (exact) mass is 383 g/mol. The zero-order valence-corrected chi connectivity index (χ0v) is 18.1.